The number of aldehydes is 1. The van der Waals surface area contributed by atoms with Crippen LogP contribution in [0, 0.1) is 12.7 Å². The van der Waals surface area contributed by atoms with Gasteiger partial charge >= 0.3 is 6.18 Å². The molecule has 3 heterocycles. The summed E-state index contributed by atoms with van der Waals surface area (Å²) in [5.41, 5.74) is 0.0139. The van der Waals surface area contributed by atoms with Crippen molar-refractivity contribution in [1.82, 2.24) is 25.1 Å². The Balaban J connectivity index is 0.000000421. The van der Waals surface area contributed by atoms with E-state index >= 15 is 0 Å². The zero-order chi connectivity index (χ0) is 32.2. The normalized spacial score (nSPS) is 15.4. The molecule has 2 aliphatic heterocycles. The fourth-order valence-electron chi connectivity index (χ4n) is 4.90. The van der Waals surface area contributed by atoms with E-state index in [1.165, 1.54) is 44.0 Å². The molecule has 0 saturated carbocycles. The number of rotatable bonds is 7. The lowest BCUT2D eigenvalue weighted by Gasteiger charge is -2.28. The summed E-state index contributed by atoms with van der Waals surface area (Å²) in [6, 6.07) is 5.85. The third kappa shape index (κ3) is 7.25. The zero-order valence-corrected chi connectivity index (χ0v) is 25.0. The number of carbonyl (C=O) groups excluding carboxylic acids is 2. The molecule has 1 amide bonds. The second-order valence-electron chi connectivity index (χ2n) is 10.6. The lowest BCUT2D eigenvalue weighted by atomic mass is 10.0. The largest absolute Gasteiger partial charge is 0.495 e. The summed E-state index contributed by atoms with van der Waals surface area (Å²) in [6.45, 7) is 4.59. The van der Waals surface area contributed by atoms with Gasteiger partial charge in [0.15, 0.2) is 6.29 Å². The number of piperidine rings is 1. The van der Waals surface area contributed by atoms with Gasteiger partial charge in [0.2, 0.25) is 11.8 Å². The Hall–Kier alpha value is -4.30. The van der Waals surface area contributed by atoms with Gasteiger partial charge < -0.3 is 29.9 Å². The fraction of sp³-hybridized carbons (Fsp3) is 0.400. The number of methoxy groups -OCH3 is 1. The average molecular weight is 619 g/mol. The van der Waals surface area contributed by atoms with E-state index in [1.807, 2.05) is 0 Å². The number of likely N-dealkylation sites (tertiary alicyclic amines) is 1. The Kier molecular flexibility index (Phi) is 10.0. The van der Waals surface area contributed by atoms with E-state index in [2.05, 4.69) is 39.6 Å². The molecule has 0 bridgehead atoms. The number of fused-ring (bicyclic) bond motifs is 1. The fourth-order valence-corrected chi connectivity index (χ4v) is 4.90. The van der Waals surface area contributed by atoms with E-state index in [1.54, 1.807) is 20.0 Å². The molecule has 236 valence electrons. The van der Waals surface area contributed by atoms with Crippen molar-refractivity contribution in [2.24, 2.45) is 0 Å². The number of hydrogen-bond donors (Lipinski definition) is 2. The first kappa shape index (κ1) is 32.6. The van der Waals surface area contributed by atoms with Crippen molar-refractivity contribution in [2.45, 2.75) is 38.5 Å². The summed E-state index contributed by atoms with van der Waals surface area (Å²) in [7, 11) is 7.07. The van der Waals surface area contributed by atoms with Crippen molar-refractivity contribution in [3.63, 3.8) is 0 Å². The Labute approximate surface area is 252 Å². The van der Waals surface area contributed by atoms with Gasteiger partial charge in [-0.15, -0.1) is 0 Å². The molecule has 0 radical (unpaired) electrons. The lowest BCUT2D eigenvalue weighted by molar-refractivity contribution is -0.139. The number of hydrogen-bond acceptors (Lipinski definition) is 9. The van der Waals surface area contributed by atoms with Gasteiger partial charge in [-0.3, -0.25) is 9.59 Å². The SMILES string of the molecule is CNC1CCN(C)CC1.COc1cc(C=O)c(F)cc1Nc1ncc(C(F)(F)F)c(Oc2ccc(C)c3c2C(=O)N(C)C3)n1. The van der Waals surface area contributed by atoms with Crippen LogP contribution in [0.15, 0.2) is 30.5 Å². The van der Waals surface area contributed by atoms with Crippen molar-refractivity contribution in [1.29, 1.82) is 0 Å². The minimum absolute atomic E-state index is 0.0319. The standard InChI is InChI=1S/C23H18F4N4O4.C7H16N2/c1-11-4-5-17(19-13(11)9-31(2)21(19)33)35-20-14(23(25,26)27)8-28-22(30-20)29-16-7-15(24)12(10-32)6-18(16)34-3;1-8-7-3-5-9(2)6-4-7/h4-8,10H,9H2,1-3H3,(H,28,29,30);7-8H,3-6H2,1-2H3. The van der Waals surface area contributed by atoms with Crippen LogP contribution in [0.25, 0.3) is 0 Å². The first-order valence-corrected chi connectivity index (χ1v) is 13.8. The summed E-state index contributed by atoms with van der Waals surface area (Å²) >= 11 is 0. The third-order valence-electron chi connectivity index (χ3n) is 7.55. The second-order valence-corrected chi connectivity index (χ2v) is 10.6. The number of carbonyl (C=O) groups is 2. The molecule has 44 heavy (non-hydrogen) atoms. The highest BCUT2D eigenvalue weighted by molar-refractivity contribution is 6.01. The molecule has 1 fully saturated rings. The Morgan fingerprint density at radius 3 is 2.43 bits per heavy atom. The topological polar surface area (TPSA) is 109 Å². The van der Waals surface area contributed by atoms with Crippen LogP contribution in [0.3, 0.4) is 0 Å². The van der Waals surface area contributed by atoms with Crippen molar-refractivity contribution in [2.75, 3.05) is 46.7 Å². The molecule has 0 aliphatic carbocycles. The molecule has 2 N–H and O–H groups in total. The molecule has 0 atom stereocenters. The summed E-state index contributed by atoms with van der Waals surface area (Å²) in [5.74, 6) is -2.55. The molecule has 14 heteroatoms. The quantitative estimate of drug-likeness (QED) is 0.273. The second kappa shape index (κ2) is 13.6. The van der Waals surface area contributed by atoms with Gasteiger partial charge in [0.25, 0.3) is 5.91 Å². The summed E-state index contributed by atoms with van der Waals surface area (Å²) in [6.07, 6.45) is -1.44. The number of amides is 1. The van der Waals surface area contributed by atoms with Gasteiger partial charge in [-0.05, 0) is 70.2 Å². The van der Waals surface area contributed by atoms with Crippen LogP contribution in [0.2, 0.25) is 0 Å². The Morgan fingerprint density at radius 1 is 1.11 bits per heavy atom. The number of alkyl halides is 3. The van der Waals surface area contributed by atoms with Gasteiger partial charge in [0.05, 0.1) is 23.9 Å². The van der Waals surface area contributed by atoms with Crippen LogP contribution >= 0.6 is 0 Å². The van der Waals surface area contributed by atoms with E-state index in [4.69, 9.17) is 9.47 Å². The minimum atomic E-state index is -4.86. The van der Waals surface area contributed by atoms with Gasteiger partial charge in [-0.1, -0.05) is 6.07 Å². The van der Waals surface area contributed by atoms with Gasteiger partial charge in [0, 0.05) is 31.9 Å². The first-order valence-electron chi connectivity index (χ1n) is 13.8. The molecule has 0 spiro atoms. The lowest BCUT2D eigenvalue weighted by Crippen LogP contribution is -2.39. The van der Waals surface area contributed by atoms with Crippen molar-refractivity contribution in [3.8, 4) is 17.4 Å². The van der Waals surface area contributed by atoms with Gasteiger partial charge in [-0.25, -0.2) is 9.37 Å². The van der Waals surface area contributed by atoms with Crippen LogP contribution in [0.5, 0.6) is 17.4 Å². The highest BCUT2D eigenvalue weighted by Crippen LogP contribution is 2.40. The van der Waals surface area contributed by atoms with Gasteiger partial charge in [0.1, 0.15) is 22.9 Å². The predicted octanol–water partition coefficient (Wildman–Crippen LogP) is 5.19. The van der Waals surface area contributed by atoms with Crippen LogP contribution < -0.4 is 20.1 Å². The molecule has 2 aromatic carbocycles. The smallest absolute Gasteiger partial charge is 0.423 e. The number of benzene rings is 2. The molecule has 3 aromatic rings. The van der Waals surface area contributed by atoms with E-state index < -0.39 is 29.3 Å². The number of ether oxygens (including phenoxy) is 2. The Bertz CT molecular complexity index is 1530. The summed E-state index contributed by atoms with van der Waals surface area (Å²) in [5, 5.41) is 5.87. The van der Waals surface area contributed by atoms with Crippen molar-refractivity contribution >= 4 is 23.8 Å². The maximum atomic E-state index is 14.1. The summed E-state index contributed by atoms with van der Waals surface area (Å²) in [4.78, 5) is 34.9. The predicted molar refractivity (Wildman–Crippen MR) is 155 cm³/mol. The maximum absolute atomic E-state index is 14.1. The van der Waals surface area contributed by atoms with Crippen molar-refractivity contribution in [3.05, 3.63) is 64.1 Å². The summed E-state index contributed by atoms with van der Waals surface area (Å²) < 4.78 is 65.8. The van der Waals surface area contributed by atoms with Crippen LogP contribution in [0.4, 0.5) is 29.2 Å². The molecular formula is C30H34F4N6O4. The number of aryl methyl sites for hydroxylation is 1. The Morgan fingerprint density at radius 2 is 1.82 bits per heavy atom. The highest BCUT2D eigenvalue weighted by Gasteiger charge is 2.38. The molecule has 5 rings (SSSR count). The van der Waals surface area contributed by atoms with Crippen LogP contribution in [-0.4, -0.2) is 79.3 Å². The minimum Gasteiger partial charge on any atom is -0.495 e. The third-order valence-corrected chi connectivity index (χ3v) is 7.55. The van der Waals surface area contributed by atoms with Gasteiger partial charge in [-0.2, -0.15) is 18.2 Å². The zero-order valence-electron chi connectivity index (χ0n) is 25.0. The van der Waals surface area contributed by atoms with Crippen LogP contribution in [-0.2, 0) is 12.7 Å². The molecule has 1 aromatic heterocycles. The van der Waals surface area contributed by atoms with E-state index in [0.29, 0.717) is 24.6 Å². The van der Waals surface area contributed by atoms with Crippen LogP contribution in [0.1, 0.15) is 50.2 Å². The molecule has 2 aliphatic rings. The number of nitrogens with zero attached hydrogens (tertiary/aromatic N) is 4. The first-order chi connectivity index (χ1) is 20.9. The number of aromatic nitrogens is 2. The number of anilines is 2. The van der Waals surface area contributed by atoms with Crippen molar-refractivity contribution < 1.29 is 36.6 Å². The molecule has 1 saturated heterocycles. The monoisotopic (exact) mass is 618 g/mol. The highest BCUT2D eigenvalue weighted by atomic mass is 19.4. The number of halogens is 4. The van der Waals surface area contributed by atoms with E-state index in [0.717, 1.165) is 23.7 Å². The van der Waals surface area contributed by atoms with E-state index in [9.17, 15) is 27.2 Å². The molecular weight excluding hydrogens is 584 g/mol. The van der Waals surface area contributed by atoms with E-state index in [-0.39, 0.29) is 34.3 Å². The average Bonchev–Trinajstić information content (AvgIpc) is 3.29. The molecule has 10 nitrogen and oxygen atoms in total. The maximum Gasteiger partial charge on any atom is 0.423 e. The molecule has 0 unspecified atom stereocenters. The number of nitrogens with one attached hydrogen (secondary N) is 2.